The van der Waals surface area contributed by atoms with Crippen LogP contribution in [-0.4, -0.2) is 9.97 Å². The zero-order chi connectivity index (χ0) is 8.97. The van der Waals surface area contributed by atoms with E-state index in [1.165, 1.54) is 11.3 Å². The predicted molar refractivity (Wildman–Crippen MR) is 50.1 cm³/mol. The van der Waals surface area contributed by atoms with Gasteiger partial charge in [-0.2, -0.15) is 0 Å². The first-order valence-electron chi connectivity index (χ1n) is 4.58. The summed E-state index contributed by atoms with van der Waals surface area (Å²) in [7, 11) is 0. The largest absolute Gasteiger partial charge is 0.241 e. The first kappa shape index (κ1) is 9.17. The lowest BCUT2D eigenvalue weighted by Crippen LogP contribution is -2.01. The molecule has 0 unspecified atom stereocenters. The summed E-state index contributed by atoms with van der Waals surface area (Å²) in [6, 6.07) is 0. The Balaban J connectivity index is 3.00. The Hall–Kier alpha value is -0.920. The van der Waals surface area contributed by atoms with Gasteiger partial charge in [-0.05, 0) is 25.3 Å². The van der Waals surface area contributed by atoms with Gasteiger partial charge in [0.05, 0.1) is 0 Å². The molecule has 0 bridgehead atoms. The van der Waals surface area contributed by atoms with Crippen LogP contribution >= 0.6 is 0 Å². The molecule has 12 heavy (non-hydrogen) atoms. The van der Waals surface area contributed by atoms with Crippen LogP contribution < -0.4 is 0 Å². The van der Waals surface area contributed by atoms with E-state index in [0.717, 1.165) is 25.0 Å². The van der Waals surface area contributed by atoms with Crippen molar-refractivity contribution in [1.82, 2.24) is 9.97 Å². The highest BCUT2D eigenvalue weighted by atomic mass is 14.8. The van der Waals surface area contributed by atoms with Crippen LogP contribution in [0.25, 0.3) is 0 Å². The van der Waals surface area contributed by atoms with Gasteiger partial charge in [0, 0.05) is 11.4 Å². The van der Waals surface area contributed by atoms with Crippen molar-refractivity contribution in [2.24, 2.45) is 0 Å². The Morgan fingerprint density at radius 2 is 2.00 bits per heavy atom. The van der Waals surface area contributed by atoms with Gasteiger partial charge in [-0.25, -0.2) is 9.97 Å². The van der Waals surface area contributed by atoms with Crippen molar-refractivity contribution in [3.05, 3.63) is 23.3 Å². The molecule has 1 aromatic heterocycles. The van der Waals surface area contributed by atoms with Gasteiger partial charge < -0.3 is 0 Å². The molecule has 2 nitrogen and oxygen atoms in total. The molecular formula is C10H16N2. The number of aromatic nitrogens is 2. The molecule has 0 radical (unpaired) electrons. The number of nitrogens with zero attached hydrogens (tertiary/aromatic N) is 2. The Kier molecular flexibility index (Phi) is 3.20. The molecular weight excluding hydrogens is 148 g/mol. The van der Waals surface area contributed by atoms with Crippen molar-refractivity contribution in [3.8, 4) is 0 Å². The van der Waals surface area contributed by atoms with E-state index in [4.69, 9.17) is 0 Å². The fraction of sp³-hybridized carbons (Fsp3) is 0.600. The Labute approximate surface area is 74.1 Å². The first-order valence-corrected chi connectivity index (χ1v) is 4.58. The van der Waals surface area contributed by atoms with Gasteiger partial charge in [-0.15, -0.1) is 0 Å². The van der Waals surface area contributed by atoms with Crippen LogP contribution in [0.2, 0.25) is 0 Å². The fourth-order valence-electron chi connectivity index (χ4n) is 1.46. The molecule has 66 valence electrons. The molecule has 0 N–H and O–H groups in total. The van der Waals surface area contributed by atoms with E-state index >= 15 is 0 Å². The third-order valence-corrected chi connectivity index (χ3v) is 2.09. The van der Waals surface area contributed by atoms with E-state index in [1.807, 2.05) is 0 Å². The quantitative estimate of drug-likeness (QED) is 0.685. The van der Waals surface area contributed by atoms with Gasteiger partial charge in [-0.3, -0.25) is 0 Å². The van der Waals surface area contributed by atoms with E-state index in [0.29, 0.717) is 0 Å². The maximum atomic E-state index is 4.29. The maximum absolute atomic E-state index is 4.29. The third kappa shape index (κ3) is 1.81. The summed E-state index contributed by atoms with van der Waals surface area (Å²) in [5, 5.41) is 0. The summed E-state index contributed by atoms with van der Waals surface area (Å²) >= 11 is 0. The molecule has 0 aliphatic carbocycles. The van der Waals surface area contributed by atoms with Crippen molar-refractivity contribution in [3.63, 3.8) is 0 Å². The lowest BCUT2D eigenvalue weighted by atomic mass is 10.1. The molecule has 0 aliphatic heterocycles. The normalized spacial score (nSPS) is 10.2. The van der Waals surface area contributed by atoms with Crippen molar-refractivity contribution < 1.29 is 0 Å². The van der Waals surface area contributed by atoms with Crippen LogP contribution in [0.3, 0.4) is 0 Å². The van der Waals surface area contributed by atoms with Gasteiger partial charge in [0.1, 0.15) is 6.33 Å². The van der Waals surface area contributed by atoms with Crippen molar-refractivity contribution in [1.29, 1.82) is 0 Å². The van der Waals surface area contributed by atoms with E-state index in [2.05, 4.69) is 30.7 Å². The average Bonchev–Trinajstić information content (AvgIpc) is 2.05. The minimum Gasteiger partial charge on any atom is -0.241 e. The summed E-state index contributed by atoms with van der Waals surface area (Å²) in [5.74, 6) is 0. The van der Waals surface area contributed by atoms with Crippen molar-refractivity contribution in [2.75, 3.05) is 0 Å². The summed E-state index contributed by atoms with van der Waals surface area (Å²) in [6.07, 6.45) is 4.94. The van der Waals surface area contributed by atoms with Gasteiger partial charge >= 0.3 is 0 Å². The second-order valence-electron chi connectivity index (χ2n) is 2.99. The van der Waals surface area contributed by atoms with Crippen LogP contribution in [0.4, 0.5) is 0 Å². The molecule has 1 aromatic rings. The maximum Gasteiger partial charge on any atom is 0.115 e. The molecule has 1 heterocycles. The molecule has 0 aliphatic rings. The lowest BCUT2D eigenvalue weighted by molar-refractivity contribution is 0.832. The Morgan fingerprint density at radius 1 is 1.25 bits per heavy atom. The minimum absolute atomic E-state index is 1.04. The van der Waals surface area contributed by atoms with Gasteiger partial charge in [0.25, 0.3) is 0 Å². The van der Waals surface area contributed by atoms with E-state index < -0.39 is 0 Å². The summed E-state index contributed by atoms with van der Waals surface area (Å²) in [4.78, 5) is 8.47. The topological polar surface area (TPSA) is 25.8 Å². The van der Waals surface area contributed by atoms with Crippen LogP contribution in [-0.2, 0) is 12.8 Å². The Morgan fingerprint density at radius 3 is 2.58 bits per heavy atom. The van der Waals surface area contributed by atoms with E-state index in [-0.39, 0.29) is 0 Å². The molecule has 0 saturated carbocycles. The van der Waals surface area contributed by atoms with Crippen molar-refractivity contribution in [2.45, 2.75) is 40.0 Å². The predicted octanol–water partition coefficient (Wildman–Crippen LogP) is 2.30. The zero-order valence-electron chi connectivity index (χ0n) is 8.09. The number of hydrogen-bond donors (Lipinski definition) is 0. The molecule has 0 spiro atoms. The molecule has 0 fully saturated rings. The number of rotatable bonds is 3. The van der Waals surface area contributed by atoms with Gasteiger partial charge in [0.2, 0.25) is 0 Å². The monoisotopic (exact) mass is 164 g/mol. The van der Waals surface area contributed by atoms with Crippen molar-refractivity contribution >= 4 is 0 Å². The third-order valence-electron chi connectivity index (χ3n) is 2.09. The van der Waals surface area contributed by atoms with Crippen LogP contribution in [0.5, 0.6) is 0 Å². The first-order chi connectivity index (χ1) is 5.79. The summed E-state index contributed by atoms with van der Waals surface area (Å²) in [5.41, 5.74) is 3.70. The molecule has 0 aromatic carbocycles. The Bertz CT molecular complexity index is 256. The SMILES string of the molecule is CCCc1ncnc(C)c1CC. The zero-order valence-corrected chi connectivity index (χ0v) is 8.09. The highest BCUT2D eigenvalue weighted by molar-refractivity contribution is 5.23. The molecule has 0 saturated heterocycles. The lowest BCUT2D eigenvalue weighted by Gasteiger charge is -2.06. The summed E-state index contributed by atoms with van der Waals surface area (Å²) in [6.45, 7) is 6.39. The van der Waals surface area contributed by atoms with Crippen LogP contribution in [0, 0.1) is 6.92 Å². The molecule has 0 atom stereocenters. The second kappa shape index (κ2) is 4.19. The smallest absolute Gasteiger partial charge is 0.115 e. The fourth-order valence-corrected chi connectivity index (χ4v) is 1.46. The molecule has 1 rings (SSSR count). The van der Waals surface area contributed by atoms with Crippen LogP contribution in [0.1, 0.15) is 37.2 Å². The van der Waals surface area contributed by atoms with E-state index in [1.54, 1.807) is 6.33 Å². The van der Waals surface area contributed by atoms with Crippen LogP contribution in [0.15, 0.2) is 6.33 Å². The number of aryl methyl sites for hydroxylation is 2. The molecule has 2 heteroatoms. The molecule has 0 amide bonds. The minimum atomic E-state index is 1.04. The standard InChI is InChI=1S/C10H16N2/c1-4-6-10-9(5-2)8(3)11-7-12-10/h7H,4-6H2,1-3H3. The average molecular weight is 164 g/mol. The highest BCUT2D eigenvalue weighted by Crippen LogP contribution is 2.11. The van der Waals surface area contributed by atoms with E-state index in [9.17, 15) is 0 Å². The van der Waals surface area contributed by atoms with Gasteiger partial charge in [0.15, 0.2) is 0 Å². The number of hydrogen-bond acceptors (Lipinski definition) is 2. The summed E-state index contributed by atoms with van der Waals surface area (Å²) < 4.78 is 0. The second-order valence-corrected chi connectivity index (χ2v) is 2.99. The highest BCUT2D eigenvalue weighted by Gasteiger charge is 2.04. The van der Waals surface area contributed by atoms with Gasteiger partial charge in [-0.1, -0.05) is 20.3 Å².